The van der Waals surface area contributed by atoms with Crippen LogP contribution in [0.5, 0.6) is 5.75 Å². The zero-order valence-electron chi connectivity index (χ0n) is 19.8. The average molecular weight is 550 g/mol. The fraction of sp³-hybridized carbons (Fsp3) is 0.208. The summed E-state index contributed by atoms with van der Waals surface area (Å²) in [5.41, 5.74) is 1.33. The largest absolute Gasteiger partial charge is 0.573 e. The first-order valence-corrected chi connectivity index (χ1v) is 12.7. The highest BCUT2D eigenvalue weighted by molar-refractivity contribution is 7.90. The highest BCUT2D eigenvalue weighted by Gasteiger charge is 2.42. The quantitative estimate of drug-likeness (QED) is 0.350. The van der Waals surface area contributed by atoms with Gasteiger partial charge in [-0.1, -0.05) is 37.3 Å². The van der Waals surface area contributed by atoms with Gasteiger partial charge in [-0.05, 0) is 47.5 Å². The minimum absolute atomic E-state index is 0.00351. The topological polar surface area (TPSA) is 130 Å². The van der Waals surface area contributed by atoms with E-state index in [1.165, 1.54) is 12.3 Å². The monoisotopic (exact) mass is 549 g/mol. The molecule has 0 spiro atoms. The normalized spacial score (nSPS) is 16.7. The molecule has 3 amide bonds. The lowest BCUT2D eigenvalue weighted by molar-refractivity contribution is -0.274. The Morgan fingerprint density at radius 3 is 2.42 bits per heavy atom. The molecule has 2 unspecified atom stereocenters. The van der Waals surface area contributed by atoms with Gasteiger partial charge in [0.1, 0.15) is 17.6 Å². The number of carbonyl (C=O) groups excluding carboxylic acids is 2. The van der Waals surface area contributed by atoms with Crippen LogP contribution in [0.25, 0.3) is 0 Å². The third kappa shape index (κ3) is 6.58. The number of carbonyl (C=O) groups is 2. The Balaban J connectivity index is 1.44. The zero-order chi connectivity index (χ0) is 27.5. The summed E-state index contributed by atoms with van der Waals surface area (Å²) in [5, 5.41) is 2.56. The molecule has 0 saturated carbocycles. The zero-order valence-corrected chi connectivity index (χ0v) is 20.6. The molecule has 1 fully saturated rings. The lowest BCUT2D eigenvalue weighted by atomic mass is 9.94. The van der Waals surface area contributed by atoms with E-state index in [0.29, 0.717) is 5.56 Å². The molecule has 1 aromatic heterocycles. The van der Waals surface area contributed by atoms with E-state index in [0.717, 1.165) is 34.7 Å². The molecule has 1 aliphatic rings. The minimum atomic E-state index is -4.88. The molecule has 4 rings (SSSR count). The summed E-state index contributed by atoms with van der Waals surface area (Å²) in [6.45, 7) is 1.72. The Kier molecular flexibility index (Phi) is 7.55. The molecule has 2 heterocycles. The van der Waals surface area contributed by atoms with Gasteiger partial charge in [0.25, 0.3) is 5.91 Å². The smallest absolute Gasteiger partial charge is 0.406 e. The lowest BCUT2D eigenvalue weighted by Crippen LogP contribution is -2.35. The van der Waals surface area contributed by atoms with Crippen LogP contribution in [-0.2, 0) is 21.5 Å². The summed E-state index contributed by atoms with van der Waals surface area (Å²) in [7, 11) is -3.96. The van der Waals surface area contributed by atoms with Gasteiger partial charge in [-0.25, -0.2) is 14.7 Å². The van der Waals surface area contributed by atoms with Crippen LogP contribution in [0.3, 0.4) is 0 Å². The summed E-state index contributed by atoms with van der Waals surface area (Å²) >= 11 is 0. The van der Waals surface area contributed by atoms with Gasteiger partial charge >= 0.3 is 22.6 Å². The van der Waals surface area contributed by atoms with Crippen molar-refractivity contribution in [3.05, 3.63) is 84.1 Å². The van der Waals surface area contributed by atoms with Crippen molar-refractivity contribution < 1.29 is 35.9 Å². The van der Waals surface area contributed by atoms with Gasteiger partial charge < -0.3 is 10.1 Å². The summed E-state index contributed by atoms with van der Waals surface area (Å²) in [6, 6.07) is 14.5. The highest BCUT2D eigenvalue weighted by atomic mass is 32.2. The number of anilines is 2. The van der Waals surface area contributed by atoms with E-state index in [9.17, 15) is 31.2 Å². The number of halogens is 3. The number of nitrogens with zero attached hydrogens (tertiary/aromatic N) is 2. The first-order chi connectivity index (χ1) is 17.9. The molecule has 3 aromatic rings. The SMILES string of the molecule is CC(c1ccnc(NS(=O)(=O)NCc2ccccc2)c1)C1NC(=O)N(c2ccc(OC(F)(F)F)cc2)C1=O. The molecule has 0 radical (unpaired) electrons. The van der Waals surface area contributed by atoms with Gasteiger partial charge in [-0.3, -0.25) is 9.52 Å². The molecule has 0 aliphatic carbocycles. The standard InChI is InChI=1S/C24H22F3N5O5S/c1-15(17-11-12-28-20(13-17)31-38(35,36)29-14-16-5-3-2-4-6-16)21-22(33)32(23(34)30-21)18-7-9-19(10-8-18)37-24(25,26)27/h2-13,15,21,29H,14H2,1H3,(H,28,31)(H,30,34). The molecule has 10 nitrogen and oxygen atoms in total. The number of rotatable bonds is 9. The average Bonchev–Trinajstić information content (AvgIpc) is 3.16. The fourth-order valence-electron chi connectivity index (χ4n) is 3.81. The van der Waals surface area contributed by atoms with Crippen molar-refractivity contribution in [3.63, 3.8) is 0 Å². The second kappa shape index (κ2) is 10.7. The van der Waals surface area contributed by atoms with Gasteiger partial charge in [-0.15, -0.1) is 13.2 Å². The van der Waals surface area contributed by atoms with Crippen molar-refractivity contribution >= 4 is 33.7 Å². The molecule has 2 aromatic carbocycles. The lowest BCUT2D eigenvalue weighted by Gasteiger charge is -2.19. The number of imide groups is 1. The molecule has 38 heavy (non-hydrogen) atoms. The third-order valence-electron chi connectivity index (χ3n) is 5.65. The Morgan fingerprint density at radius 2 is 1.76 bits per heavy atom. The first kappa shape index (κ1) is 26.9. The van der Waals surface area contributed by atoms with E-state index in [1.54, 1.807) is 37.3 Å². The van der Waals surface area contributed by atoms with Crippen molar-refractivity contribution in [1.29, 1.82) is 0 Å². The molecule has 3 N–H and O–H groups in total. The second-order valence-electron chi connectivity index (χ2n) is 8.32. The molecule has 2 atom stereocenters. The number of amides is 3. The van der Waals surface area contributed by atoms with Crippen molar-refractivity contribution in [2.45, 2.75) is 31.8 Å². The van der Waals surface area contributed by atoms with E-state index in [-0.39, 0.29) is 18.1 Å². The van der Waals surface area contributed by atoms with Crippen LogP contribution in [0.1, 0.15) is 24.0 Å². The van der Waals surface area contributed by atoms with E-state index in [4.69, 9.17) is 0 Å². The Bertz CT molecular complexity index is 1420. The second-order valence-corrected chi connectivity index (χ2v) is 9.82. The first-order valence-electron chi connectivity index (χ1n) is 11.2. The van der Waals surface area contributed by atoms with Gasteiger partial charge in [-0.2, -0.15) is 13.1 Å². The van der Waals surface area contributed by atoms with Crippen molar-refractivity contribution in [2.75, 3.05) is 9.62 Å². The van der Waals surface area contributed by atoms with Crippen molar-refractivity contribution in [3.8, 4) is 5.75 Å². The van der Waals surface area contributed by atoms with Crippen LogP contribution in [0.2, 0.25) is 0 Å². The number of urea groups is 1. The summed E-state index contributed by atoms with van der Waals surface area (Å²) in [5.74, 6) is -1.73. The van der Waals surface area contributed by atoms with Crippen molar-refractivity contribution in [1.82, 2.24) is 15.0 Å². The predicted molar refractivity (Wildman–Crippen MR) is 131 cm³/mol. The maximum atomic E-state index is 13.1. The summed E-state index contributed by atoms with van der Waals surface area (Å²) < 4.78 is 70.7. The highest BCUT2D eigenvalue weighted by Crippen LogP contribution is 2.30. The number of aromatic nitrogens is 1. The molecular weight excluding hydrogens is 527 g/mol. The number of ether oxygens (including phenoxy) is 1. The fourth-order valence-corrected chi connectivity index (χ4v) is 4.62. The van der Waals surface area contributed by atoms with E-state index in [2.05, 4.69) is 24.5 Å². The Morgan fingerprint density at radius 1 is 1.08 bits per heavy atom. The van der Waals surface area contributed by atoms with Crippen LogP contribution < -0.4 is 24.4 Å². The van der Waals surface area contributed by atoms with Gasteiger partial charge in [0.15, 0.2) is 0 Å². The number of hydrogen-bond acceptors (Lipinski definition) is 6. The van der Waals surface area contributed by atoms with E-state index < -0.39 is 46.2 Å². The van der Waals surface area contributed by atoms with E-state index in [1.807, 2.05) is 6.07 Å². The predicted octanol–water partition coefficient (Wildman–Crippen LogP) is 3.66. The van der Waals surface area contributed by atoms with Crippen LogP contribution in [0.4, 0.5) is 29.5 Å². The summed E-state index contributed by atoms with van der Waals surface area (Å²) in [4.78, 5) is 30.5. The molecule has 0 bridgehead atoms. The molecule has 1 aliphatic heterocycles. The van der Waals surface area contributed by atoms with Gasteiger partial charge in [0, 0.05) is 18.7 Å². The third-order valence-corrected chi connectivity index (χ3v) is 6.66. The molecule has 200 valence electrons. The number of alkyl halides is 3. The van der Waals surface area contributed by atoms with Crippen LogP contribution in [0.15, 0.2) is 72.9 Å². The molecule has 14 heteroatoms. The molecular formula is C24H22F3N5O5S. The van der Waals surface area contributed by atoms with Crippen LogP contribution in [0, 0.1) is 0 Å². The van der Waals surface area contributed by atoms with Gasteiger partial charge in [0.05, 0.1) is 5.69 Å². The van der Waals surface area contributed by atoms with Crippen molar-refractivity contribution in [2.24, 2.45) is 0 Å². The van der Waals surface area contributed by atoms with E-state index >= 15 is 0 Å². The van der Waals surface area contributed by atoms with Gasteiger partial charge in [0.2, 0.25) is 0 Å². The number of benzene rings is 2. The van der Waals surface area contributed by atoms with Crippen LogP contribution in [-0.4, -0.2) is 37.7 Å². The Labute approximate surface area is 216 Å². The number of hydrogen-bond donors (Lipinski definition) is 3. The number of nitrogens with one attached hydrogen (secondary N) is 3. The maximum Gasteiger partial charge on any atom is 0.573 e. The molecule has 1 saturated heterocycles. The summed E-state index contributed by atoms with van der Waals surface area (Å²) in [6.07, 6.45) is -3.52. The number of pyridine rings is 1. The maximum absolute atomic E-state index is 13.1. The van der Waals surface area contributed by atoms with Crippen LogP contribution >= 0.6 is 0 Å². The minimum Gasteiger partial charge on any atom is -0.406 e. The Hall–Kier alpha value is -4.17.